The lowest BCUT2D eigenvalue weighted by molar-refractivity contribution is -0.130. The number of hydrogen-bond acceptors (Lipinski definition) is 5. The van der Waals surface area contributed by atoms with Gasteiger partial charge in [0.2, 0.25) is 5.91 Å². The van der Waals surface area contributed by atoms with E-state index in [2.05, 4.69) is 10.1 Å². The summed E-state index contributed by atoms with van der Waals surface area (Å²) >= 11 is 0. The van der Waals surface area contributed by atoms with Crippen molar-refractivity contribution in [1.82, 2.24) is 19.7 Å². The molecule has 1 aliphatic heterocycles. The van der Waals surface area contributed by atoms with E-state index in [1.165, 1.54) is 6.33 Å². The Morgan fingerprint density at radius 1 is 1.32 bits per heavy atom. The molecular formula is C18H24N4O3. The average molecular weight is 344 g/mol. The van der Waals surface area contributed by atoms with Crippen LogP contribution < -0.4 is 9.47 Å². The third-order valence-corrected chi connectivity index (χ3v) is 4.66. The molecule has 1 saturated heterocycles. The van der Waals surface area contributed by atoms with E-state index in [4.69, 9.17) is 9.47 Å². The van der Waals surface area contributed by atoms with Gasteiger partial charge >= 0.3 is 0 Å². The summed E-state index contributed by atoms with van der Waals surface area (Å²) in [6, 6.07) is 5.84. The molecule has 1 fully saturated rings. The quantitative estimate of drug-likeness (QED) is 0.769. The Hall–Kier alpha value is -2.57. The van der Waals surface area contributed by atoms with Crippen LogP contribution in [0.15, 0.2) is 30.9 Å². The first-order chi connectivity index (χ1) is 12.2. The van der Waals surface area contributed by atoms with Crippen molar-refractivity contribution in [2.45, 2.75) is 31.7 Å². The van der Waals surface area contributed by atoms with Crippen LogP contribution in [0.25, 0.3) is 0 Å². The third-order valence-electron chi connectivity index (χ3n) is 4.66. The van der Waals surface area contributed by atoms with Crippen molar-refractivity contribution in [3.63, 3.8) is 0 Å². The summed E-state index contributed by atoms with van der Waals surface area (Å²) in [5.41, 5.74) is 1.11. The molecule has 0 bridgehead atoms. The zero-order chi connectivity index (χ0) is 17.6. The molecule has 2 heterocycles. The lowest BCUT2D eigenvalue weighted by atomic mass is 9.97. The van der Waals surface area contributed by atoms with Gasteiger partial charge in [-0.05, 0) is 31.0 Å². The third kappa shape index (κ3) is 4.10. The summed E-state index contributed by atoms with van der Waals surface area (Å²) in [6.45, 7) is 2.23. The van der Waals surface area contributed by atoms with Gasteiger partial charge in [0.25, 0.3) is 0 Å². The average Bonchev–Trinajstić information content (AvgIpc) is 3.33. The molecule has 7 nitrogen and oxygen atoms in total. The van der Waals surface area contributed by atoms with E-state index in [9.17, 15) is 4.79 Å². The van der Waals surface area contributed by atoms with Crippen LogP contribution in [-0.2, 0) is 11.3 Å². The van der Waals surface area contributed by atoms with Crippen LogP contribution >= 0.6 is 0 Å². The molecule has 0 aliphatic carbocycles. The van der Waals surface area contributed by atoms with Gasteiger partial charge in [0.1, 0.15) is 24.2 Å². The zero-order valence-corrected chi connectivity index (χ0v) is 14.7. The lowest BCUT2D eigenvalue weighted by Crippen LogP contribution is -2.28. The summed E-state index contributed by atoms with van der Waals surface area (Å²) in [5.74, 6) is 2.15. The number of amides is 1. The number of ether oxygens (including phenoxy) is 2. The minimum absolute atomic E-state index is 0.199. The van der Waals surface area contributed by atoms with Crippen molar-refractivity contribution in [3.8, 4) is 11.5 Å². The number of hydrogen-bond donors (Lipinski definition) is 0. The predicted octanol–water partition coefficient (Wildman–Crippen LogP) is 2.09. The lowest BCUT2D eigenvalue weighted by Gasteiger charge is -2.18. The van der Waals surface area contributed by atoms with Gasteiger partial charge in [0.15, 0.2) is 0 Å². The van der Waals surface area contributed by atoms with Gasteiger partial charge < -0.3 is 14.4 Å². The molecule has 1 aromatic carbocycles. The van der Waals surface area contributed by atoms with E-state index in [-0.39, 0.29) is 11.8 Å². The molecule has 0 saturated carbocycles. The highest BCUT2D eigenvalue weighted by atomic mass is 16.5. The second kappa shape index (κ2) is 8.00. The molecule has 1 atom stereocenters. The number of methoxy groups -OCH3 is 2. The van der Waals surface area contributed by atoms with Crippen molar-refractivity contribution in [3.05, 3.63) is 36.4 Å². The number of nitrogens with zero attached hydrogens (tertiary/aromatic N) is 4. The molecule has 134 valence electrons. The number of rotatable bonds is 7. The highest BCUT2D eigenvalue weighted by Crippen LogP contribution is 2.36. The van der Waals surface area contributed by atoms with Crippen LogP contribution in [0.2, 0.25) is 0 Å². The molecule has 0 unspecified atom stereocenters. The van der Waals surface area contributed by atoms with Crippen molar-refractivity contribution in [2.24, 2.45) is 0 Å². The van der Waals surface area contributed by atoms with Gasteiger partial charge in [0.05, 0.1) is 14.2 Å². The number of aryl methyl sites for hydroxylation is 1. The molecule has 0 N–H and O–H groups in total. The first kappa shape index (κ1) is 17.3. The predicted molar refractivity (Wildman–Crippen MR) is 92.7 cm³/mol. The highest BCUT2D eigenvalue weighted by molar-refractivity contribution is 5.76. The van der Waals surface area contributed by atoms with Crippen molar-refractivity contribution >= 4 is 5.91 Å². The Morgan fingerprint density at radius 2 is 2.20 bits per heavy atom. The maximum absolute atomic E-state index is 12.5. The van der Waals surface area contributed by atoms with Crippen LogP contribution in [0, 0.1) is 0 Å². The standard InChI is InChI=1S/C18H24N4O3/c1-24-15-5-6-17(25-2)16(10-15)14-7-9-21(11-14)18(23)4-3-8-22-13-19-12-20-22/h5-6,10,12-14H,3-4,7-9,11H2,1-2H3/t14-/m1/s1. The van der Waals surface area contributed by atoms with Gasteiger partial charge in [-0.25, -0.2) is 4.98 Å². The van der Waals surface area contributed by atoms with Crippen molar-refractivity contribution < 1.29 is 14.3 Å². The normalized spacial score (nSPS) is 16.9. The highest BCUT2D eigenvalue weighted by Gasteiger charge is 2.29. The van der Waals surface area contributed by atoms with Crippen LogP contribution in [0.4, 0.5) is 0 Å². The number of carbonyl (C=O) groups excluding carboxylic acids is 1. The zero-order valence-electron chi connectivity index (χ0n) is 14.7. The van der Waals surface area contributed by atoms with Gasteiger partial charge in [0, 0.05) is 37.5 Å². The first-order valence-electron chi connectivity index (χ1n) is 8.53. The van der Waals surface area contributed by atoms with Gasteiger partial charge in [-0.3, -0.25) is 9.48 Å². The molecule has 1 aromatic heterocycles. The summed E-state index contributed by atoms with van der Waals surface area (Å²) in [4.78, 5) is 18.3. The molecule has 7 heteroatoms. The number of likely N-dealkylation sites (tertiary alicyclic amines) is 1. The number of aromatic nitrogens is 3. The van der Waals surface area contributed by atoms with E-state index >= 15 is 0 Å². The second-order valence-electron chi connectivity index (χ2n) is 6.20. The molecule has 0 radical (unpaired) electrons. The summed E-state index contributed by atoms with van der Waals surface area (Å²) in [6.07, 6.45) is 5.42. The minimum atomic E-state index is 0.199. The van der Waals surface area contributed by atoms with Crippen LogP contribution in [0.1, 0.15) is 30.7 Å². The van der Waals surface area contributed by atoms with Crippen LogP contribution in [0.5, 0.6) is 11.5 Å². The Bertz CT molecular complexity index is 702. The molecule has 0 spiro atoms. The van der Waals surface area contributed by atoms with E-state index in [1.807, 2.05) is 23.1 Å². The Labute approximate surface area is 147 Å². The van der Waals surface area contributed by atoms with E-state index in [1.54, 1.807) is 25.2 Å². The monoisotopic (exact) mass is 344 g/mol. The largest absolute Gasteiger partial charge is 0.497 e. The Kier molecular flexibility index (Phi) is 5.53. The number of carbonyl (C=O) groups is 1. The smallest absolute Gasteiger partial charge is 0.222 e. The molecule has 3 rings (SSSR count). The first-order valence-corrected chi connectivity index (χ1v) is 8.53. The molecule has 25 heavy (non-hydrogen) atoms. The summed E-state index contributed by atoms with van der Waals surface area (Å²) in [7, 11) is 3.33. The van der Waals surface area contributed by atoms with Crippen LogP contribution in [-0.4, -0.2) is 52.9 Å². The fourth-order valence-electron chi connectivity index (χ4n) is 3.30. The van der Waals surface area contributed by atoms with E-state index in [0.717, 1.165) is 43.0 Å². The van der Waals surface area contributed by atoms with E-state index in [0.29, 0.717) is 13.0 Å². The minimum Gasteiger partial charge on any atom is -0.497 e. The van der Waals surface area contributed by atoms with Crippen LogP contribution in [0.3, 0.4) is 0 Å². The van der Waals surface area contributed by atoms with Gasteiger partial charge in [-0.1, -0.05) is 0 Å². The molecule has 2 aromatic rings. The molecule has 1 aliphatic rings. The fourth-order valence-corrected chi connectivity index (χ4v) is 3.30. The molecule has 1 amide bonds. The SMILES string of the molecule is COc1ccc(OC)c([C@@H]2CCN(C(=O)CCCn3cncn3)C2)c1. The van der Waals surface area contributed by atoms with Crippen molar-refractivity contribution in [1.29, 1.82) is 0 Å². The second-order valence-corrected chi connectivity index (χ2v) is 6.20. The Morgan fingerprint density at radius 3 is 2.92 bits per heavy atom. The van der Waals surface area contributed by atoms with Gasteiger partial charge in [-0.2, -0.15) is 5.10 Å². The fraction of sp³-hybridized carbons (Fsp3) is 0.500. The van der Waals surface area contributed by atoms with Crippen molar-refractivity contribution in [2.75, 3.05) is 27.3 Å². The maximum atomic E-state index is 12.5. The summed E-state index contributed by atoms with van der Waals surface area (Å²) < 4.78 is 12.6. The van der Waals surface area contributed by atoms with E-state index < -0.39 is 0 Å². The molecular weight excluding hydrogens is 320 g/mol. The summed E-state index contributed by atoms with van der Waals surface area (Å²) in [5, 5.41) is 4.05. The maximum Gasteiger partial charge on any atom is 0.222 e. The topological polar surface area (TPSA) is 69.5 Å². The Balaban J connectivity index is 1.56. The van der Waals surface area contributed by atoms with Gasteiger partial charge in [-0.15, -0.1) is 0 Å². The number of benzene rings is 1.